The standard InChI is InChI=1S/C26H23FN4O/c27-23-5-3-19(4-6-23)26(32)12-24-10-20-11-25(30-16-22(20)15-29-24)21-9-18(13-28-14-21)17-31-7-1-2-8-31/h3-6,9-11,13-16H,1-2,7-8,12,17H2. The molecule has 1 fully saturated rings. The van der Waals surface area contributed by atoms with Gasteiger partial charge < -0.3 is 0 Å². The maximum Gasteiger partial charge on any atom is 0.168 e. The van der Waals surface area contributed by atoms with Crippen LogP contribution in [0.5, 0.6) is 0 Å². The highest BCUT2D eigenvalue weighted by atomic mass is 19.1. The largest absolute Gasteiger partial charge is 0.299 e. The van der Waals surface area contributed by atoms with Gasteiger partial charge in [-0.2, -0.15) is 0 Å². The van der Waals surface area contributed by atoms with Crippen LogP contribution in [0.4, 0.5) is 4.39 Å². The smallest absolute Gasteiger partial charge is 0.168 e. The van der Waals surface area contributed by atoms with E-state index in [1.807, 2.05) is 24.5 Å². The summed E-state index contributed by atoms with van der Waals surface area (Å²) in [6.07, 6.45) is 9.98. The Balaban J connectivity index is 1.38. The van der Waals surface area contributed by atoms with Crippen LogP contribution in [0.1, 0.15) is 34.5 Å². The summed E-state index contributed by atoms with van der Waals surface area (Å²) in [7, 11) is 0. The fourth-order valence-corrected chi connectivity index (χ4v) is 4.15. The summed E-state index contributed by atoms with van der Waals surface area (Å²) in [6.45, 7) is 3.20. The molecular weight excluding hydrogens is 403 g/mol. The van der Waals surface area contributed by atoms with E-state index >= 15 is 0 Å². The SMILES string of the molecule is O=C(Cc1cc2cc(-c3cncc(CN4CCCC4)c3)ncc2cn1)c1ccc(F)cc1. The van der Waals surface area contributed by atoms with Gasteiger partial charge >= 0.3 is 0 Å². The van der Waals surface area contributed by atoms with Crippen LogP contribution in [0.2, 0.25) is 0 Å². The van der Waals surface area contributed by atoms with E-state index in [4.69, 9.17) is 0 Å². The summed E-state index contributed by atoms with van der Waals surface area (Å²) in [5.74, 6) is -0.450. The summed E-state index contributed by atoms with van der Waals surface area (Å²) < 4.78 is 13.1. The van der Waals surface area contributed by atoms with Gasteiger partial charge in [-0.25, -0.2) is 4.39 Å². The number of likely N-dealkylation sites (tertiary alicyclic amines) is 1. The van der Waals surface area contributed by atoms with Crippen molar-refractivity contribution in [2.24, 2.45) is 0 Å². The van der Waals surface area contributed by atoms with E-state index in [2.05, 4.69) is 25.9 Å². The predicted octanol–water partition coefficient (Wildman–Crippen LogP) is 4.85. The quantitative estimate of drug-likeness (QED) is 0.413. The fraction of sp³-hybridized carbons (Fsp3) is 0.231. The second-order valence-electron chi connectivity index (χ2n) is 8.26. The van der Waals surface area contributed by atoms with Crippen LogP contribution in [0, 0.1) is 5.82 Å². The number of fused-ring (bicyclic) bond motifs is 1. The minimum absolute atomic E-state index is 0.0926. The van der Waals surface area contributed by atoms with Gasteiger partial charge in [0.05, 0.1) is 12.1 Å². The molecule has 6 heteroatoms. The molecule has 1 aromatic carbocycles. The van der Waals surface area contributed by atoms with Crippen molar-refractivity contribution < 1.29 is 9.18 Å². The van der Waals surface area contributed by atoms with Crippen molar-refractivity contribution in [1.82, 2.24) is 19.9 Å². The number of rotatable bonds is 6. The molecule has 160 valence electrons. The van der Waals surface area contributed by atoms with Crippen LogP contribution in [0.15, 0.2) is 67.3 Å². The lowest BCUT2D eigenvalue weighted by atomic mass is 10.0. The van der Waals surface area contributed by atoms with Crippen LogP contribution in [0.3, 0.4) is 0 Å². The number of Topliss-reactive ketones (excluding diaryl/α,β-unsaturated/α-hetero) is 1. The van der Waals surface area contributed by atoms with Crippen LogP contribution in [0.25, 0.3) is 22.0 Å². The minimum Gasteiger partial charge on any atom is -0.299 e. The van der Waals surface area contributed by atoms with Crippen molar-refractivity contribution in [3.8, 4) is 11.3 Å². The van der Waals surface area contributed by atoms with Gasteiger partial charge in [0.1, 0.15) is 5.82 Å². The first-order chi connectivity index (χ1) is 15.6. The van der Waals surface area contributed by atoms with E-state index in [9.17, 15) is 9.18 Å². The molecule has 0 N–H and O–H groups in total. The Labute approximate surface area is 186 Å². The van der Waals surface area contributed by atoms with Crippen molar-refractivity contribution in [3.05, 3.63) is 89.9 Å². The van der Waals surface area contributed by atoms with Crippen LogP contribution in [-0.2, 0) is 13.0 Å². The molecule has 1 aliphatic heterocycles. The number of halogens is 1. The topological polar surface area (TPSA) is 59.0 Å². The molecule has 0 saturated carbocycles. The van der Waals surface area contributed by atoms with E-state index in [1.165, 1.54) is 42.7 Å². The number of carbonyl (C=O) groups excluding carboxylic acids is 1. The molecule has 0 atom stereocenters. The maximum atomic E-state index is 13.1. The Kier molecular flexibility index (Phi) is 5.69. The highest BCUT2D eigenvalue weighted by molar-refractivity contribution is 5.97. The Morgan fingerprint density at radius 1 is 0.906 bits per heavy atom. The van der Waals surface area contributed by atoms with Crippen LogP contribution >= 0.6 is 0 Å². The second-order valence-corrected chi connectivity index (χ2v) is 8.26. The zero-order chi connectivity index (χ0) is 21.9. The minimum atomic E-state index is -0.357. The number of aromatic nitrogens is 3. The first-order valence-corrected chi connectivity index (χ1v) is 10.8. The number of carbonyl (C=O) groups is 1. The number of hydrogen-bond donors (Lipinski definition) is 0. The number of benzene rings is 1. The third kappa shape index (κ3) is 4.55. The fourth-order valence-electron chi connectivity index (χ4n) is 4.15. The molecule has 5 rings (SSSR count). The van der Waals surface area contributed by atoms with E-state index in [0.29, 0.717) is 11.3 Å². The Bertz CT molecular complexity index is 1270. The Hall–Kier alpha value is -3.51. The summed E-state index contributed by atoms with van der Waals surface area (Å²) in [5, 5.41) is 1.88. The summed E-state index contributed by atoms with van der Waals surface area (Å²) in [5.41, 5.74) is 4.15. The Morgan fingerprint density at radius 3 is 2.50 bits per heavy atom. The van der Waals surface area contributed by atoms with Crippen molar-refractivity contribution in [1.29, 1.82) is 0 Å². The third-order valence-corrected chi connectivity index (χ3v) is 5.86. The number of ketones is 1. The average molecular weight is 426 g/mol. The first-order valence-electron chi connectivity index (χ1n) is 10.8. The van der Waals surface area contributed by atoms with E-state index in [-0.39, 0.29) is 18.0 Å². The number of hydrogen-bond acceptors (Lipinski definition) is 5. The Morgan fingerprint density at radius 2 is 1.69 bits per heavy atom. The van der Waals surface area contributed by atoms with Gasteiger partial charge in [-0.1, -0.05) is 0 Å². The monoisotopic (exact) mass is 426 g/mol. The van der Waals surface area contributed by atoms with Crippen molar-refractivity contribution in [3.63, 3.8) is 0 Å². The van der Waals surface area contributed by atoms with Crippen molar-refractivity contribution >= 4 is 16.6 Å². The lowest BCUT2D eigenvalue weighted by Gasteiger charge is -2.14. The lowest BCUT2D eigenvalue weighted by Crippen LogP contribution is -2.18. The molecule has 3 aromatic heterocycles. The average Bonchev–Trinajstić information content (AvgIpc) is 3.32. The van der Waals surface area contributed by atoms with Crippen molar-refractivity contribution in [2.45, 2.75) is 25.8 Å². The van der Waals surface area contributed by atoms with E-state index in [1.54, 1.807) is 12.4 Å². The molecule has 1 saturated heterocycles. The third-order valence-electron chi connectivity index (χ3n) is 5.86. The molecule has 1 aliphatic rings. The molecular formula is C26H23FN4O. The molecule has 4 heterocycles. The molecule has 0 spiro atoms. The highest BCUT2D eigenvalue weighted by Crippen LogP contribution is 2.24. The molecule has 0 amide bonds. The summed E-state index contributed by atoms with van der Waals surface area (Å²) in [4.78, 5) is 28.4. The molecule has 0 bridgehead atoms. The van der Waals surface area contributed by atoms with Crippen molar-refractivity contribution in [2.75, 3.05) is 13.1 Å². The summed E-state index contributed by atoms with van der Waals surface area (Å²) >= 11 is 0. The molecule has 0 unspecified atom stereocenters. The second kappa shape index (κ2) is 8.93. The number of pyridine rings is 3. The lowest BCUT2D eigenvalue weighted by molar-refractivity contribution is 0.0992. The first kappa shape index (κ1) is 20.4. The molecule has 0 radical (unpaired) electrons. The van der Waals surface area contributed by atoms with Gasteiger partial charge in [0, 0.05) is 53.5 Å². The van der Waals surface area contributed by atoms with Gasteiger partial charge in [0.2, 0.25) is 0 Å². The highest BCUT2D eigenvalue weighted by Gasteiger charge is 2.13. The zero-order valence-electron chi connectivity index (χ0n) is 17.7. The van der Waals surface area contributed by atoms with E-state index in [0.717, 1.165) is 41.7 Å². The molecule has 32 heavy (non-hydrogen) atoms. The van der Waals surface area contributed by atoms with Gasteiger partial charge in [0.25, 0.3) is 0 Å². The summed E-state index contributed by atoms with van der Waals surface area (Å²) in [6, 6.07) is 11.7. The normalized spacial score (nSPS) is 14.2. The van der Waals surface area contributed by atoms with E-state index < -0.39 is 0 Å². The predicted molar refractivity (Wildman–Crippen MR) is 122 cm³/mol. The van der Waals surface area contributed by atoms with Gasteiger partial charge in [0.15, 0.2) is 5.78 Å². The maximum absolute atomic E-state index is 13.1. The van der Waals surface area contributed by atoms with Crippen LogP contribution < -0.4 is 0 Å². The molecule has 0 aliphatic carbocycles. The van der Waals surface area contributed by atoms with Gasteiger partial charge in [-0.3, -0.25) is 24.6 Å². The zero-order valence-corrected chi connectivity index (χ0v) is 17.7. The molecule has 4 aromatic rings. The molecule has 5 nitrogen and oxygen atoms in total. The number of nitrogens with zero attached hydrogens (tertiary/aromatic N) is 4. The van der Waals surface area contributed by atoms with Gasteiger partial charge in [-0.05, 0) is 79.3 Å². The van der Waals surface area contributed by atoms with Gasteiger partial charge in [-0.15, -0.1) is 0 Å². The van der Waals surface area contributed by atoms with Crippen LogP contribution in [-0.4, -0.2) is 38.7 Å².